The SMILES string of the molecule is CC(C)OC(=O)OCOP(=O)(OCOC(=O)OC(C)C)OC[C@@]1(F)O[C@@H](c2ccc(=O)[nH]c2O)[C@](C)(F)[C@@H]1O. The lowest BCUT2D eigenvalue weighted by Crippen LogP contribution is -2.46. The van der Waals surface area contributed by atoms with Gasteiger partial charge in [-0.15, -0.1) is 0 Å². The van der Waals surface area contributed by atoms with Crippen LogP contribution in [0.4, 0.5) is 18.4 Å². The second-order valence-electron chi connectivity index (χ2n) is 8.80. The summed E-state index contributed by atoms with van der Waals surface area (Å²) in [4.78, 5) is 36.4. The number of rotatable bonds is 12. The monoisotopic (exact) mass is 589 g/mol. The fourth-order valence-corrected chi connectivity index (χ4v) is 4.04. The van der Waals surface area contributed by atoms with Crippen LogP contribution in [0.3, 0.4) is 0 Å². The molecule has 1 aromatic heterocycles. The summed E-state index contributed by atoms with van der Waals surface area (Å²) in [5, 5.41) is 20.3. The first-order valence-electron chi connectivity index (χ1n) is 11.4. The molecule has 0 saturated carbocycles. The van der Waals surface area contributed by atoms with E-state index < -0.39 is 93.3 Å². The third kappa shape index (κ3) is 8.84. The Morgan fingerprint density at radius 2 is 1.56 bits per heavy atom. The summed E-state index contributed by atoms with van der Waals surface area (Å²) in [6.07, 6.45) is -8.18. The molecule has 0 aliphatic carbocycles. The number of phosphoric acid groups is 1. The van der Waals surface area contributed by atoms with Gasteiger partial charge in [0.1, 0.15) is 12.7 Å². The van der Waals surface area contributed by atoms with Crippen LogP contribution >= 0.6 is 7.82 Å². The molecule has 1 aromatic rings. The Balaban J connectivity index is 2.16. The van der Waals surface area contributed by atoms with Crippen molar-refractivity contribution in [3.05, 3.63) is 28.0 Å². The molecule has 1 aliphatic heterocycles. The lowest BCUT2D eigenvalue weighted by atomic mass is 9.90. The van der Waals surface area contributed by atoms with Crippen LogP contribution in [0, 0.1) is 0 Å². The lowest BCUT2D eigenvalue weighted by Gasteiger charge is -2.26. The van der Waals surface area contributed by atoms with Crippen molar-refractivity contribution in [2.24, 2.45) is 0 Å². The molecule has 0 bridgehead atoms. The number of hydrogen-bond donors (Lipinski definition) is 3. The maximum Gasteiger partial charge on any atom is 0.510 e. The number of halogens is 2. The Hall–Kier alpha value is -2.82. The van der Waals surface area contributed by atoms with Crippen molar-refractivity contribution in [2.75, 3.05) is 20.2 Å². The topological polar surface area (TPSA) is 198 Å². The Labute approximate surface area is 220 Å². The zero-order valence-corrected chi connectivity index (χ0v) is 22.5. The average Bonchev–Trinajstić information content (AvgIpc) is 2.97. The van der Waals surface area contributed by atoms with Crippen LogP contribution in [-0.4, -0.2) is 77.5 Å². The highest BCUT2D eigenvalue weighted by molar-refractivity contribution is 7.48. The number of aromatic amines is 1. The molecule has 3 N–H and O–H groups in total. The van der Waals surface area contributed by atoms with Gasteiger partial charge in [0.15, 0.2) is 17.7 Å². The molecule has 0 radical (unpaired) electrons. The van der Waals surface area contributed by atoms with Gasteiger partial charge < -0.3 is 33.9 Å². The number of nitrogens with one attached hydrogen (secondary N) is 1. The van der Waals surface area contributed by atoms with Gasteiger partial charge in [0.25, 0.3) is 11.4 Å². The molecule has 0 amide bonds. The van der Waals surface area contributed by atoms with Crippen LogP contribution < -0.4 is 5.56 Å². The zero-order chi connectivity index (χ0) is 29.6. The molecule has 1 fully saturated rings. The number of alkyl halides is 2. The van der Waals surface area contributed by atoms with Crippen LogP contribution in [0.5, 0.6) is 5.88 Å². The Bertz CT molecular complexity index is 1080. The standard InChI is InChI=1S/C21H30F2NO14P/c1-11(2)36-18(28)31-9-34-39(30,35-10-32-19(29)37-12(3)4)33-8-21(23)17(27)20(5,22)15(38-21)13-6-7-14(25)24-16(13)26/h6-7,11-12,15,17,27H,8-10H2,1-5H3,(H2,24,25,26)/t15-,17-,20-,21+/m0/s1. The number of aromatic nitrogens is 1. The number of aliphatic hydroxyl groups excluding tert-OH is 1. The number of pyridine rings is 1. The van der Waals surface area contributed by atoms with E-state index >= 15 is 8.78 Å². The van der Waals surface area contributed by atoms with Gasteiger partial charge in [0.2, 0.25) is 13.6 Å². The first kappa shape index (κ1) is 32.4. The van der Waals surface area contributed by atoms with Crippen LogP contribution in [0.15, 0.2) is 16.9 Å². The molecule has 39 heavy (non-hydrogen) atoms. The third-order valence-electron chi connectivity index (χ3n) is 4.84. The van der Waals surface area contributed by atoms with Gasteiger partial charge in [-0.05, 0) is 40.7 Å². The number of H-pyrrole nitrogens is 1. The minimum atomic E-state index is -4.99. The van der Waals surface area contributed by atoms with Gasteiger partial charge in [0, 0.05) is 11.6 Å². The largest absolute Gasteiger partial charge is 0.510 e. The molecule has 1 saturated heterocycles. The van der Waals surface area contributed by atoms with Crippen molar-refractivity contribution in [3.8, 4) is 5.88 Å². The second-order valence-corrected chi connectivity index (χ2v) is 10.5. The molecule has 0 unspecified atom stereocenters. The first-order chi connectivity index (χ1) is 18.0. The molecule has 18 heteroatoms. The molecule has 0 spiro atoms. The van der Waals surface area contributed by atoms with E-state index in [1.165, 1.54) is 27.7 Å². The highest BCUT2D eigenvalue weighted by Crippen LogP contribution is 2.55. The number of carbonyl (C=O) groups is 2. The van der Waals surface area contributed by atoms with E-state index in [1.807, 2.05) is 4.98 Å². The second kappa shape index (κ2) is 13.0. The van der Waals surface area contributed by atoms with Crippen molar-refractivity contribution in [3.63, 3.8) is 0 Å². The van der Waals surface area contributed by atoms with E-state index in [9.17, 15) is 29.2 Å². The van der Waals surface area contributed by atoms with Gasteiger partial charge in [-0.2, -0.15) is 0 Å². The smallest absolute Gasteiger partial charge is 0.494 e. The number of aliphatic hydroxyl groups is 1. The number of ether oxygens (including phenoxy) is 5. The average molecular weight is 589 g/mol. The Kier molecular flexibility index (Phi) is 10.8. The van der Waals surface area contributed by atoms with E-state index in [0.29, 0.717) is 0 Å². The summed E-state index contributed by atoms with van der Waals surface area (Å²) in [5.74, 6) is -4.27. The van der Waals surface area contributed by atoms with Crippen molar-refractivity contribution in [2.45, 2.75) is 70.6 Å². The van der Waals surface area contributed by atoms with E-state index in [4.69, 9.17) is 18.3 Å². The maximum absolute atomic E-state index is 15.6. The molecule has 0 aromatic carbocycles. The van der Waals surface area contributed by atoms with E-state index in [2.05, 4.69) is 18.9 Å². The highest BCUT2D eigenvalue weighted by Gasteiger charge is 2.65. The molecular weight excluding hydrogens is 559 g/mol. The summed E-state index contributed by atoms with van der Waals surface area (Å²) in [6, 6.07) is 1.86. The molecule has 1 aliphatic rings. The van der Waals surface area contributed by atoms with Gasteiger partial charge in [0.05, 0.1) is 12.2 Å². The Morgan fingerprint density at radius 1 is 1.05 bits per heavy atom. The minimum Gasteiger partial charge on any atom is -0.494 e. The quantitative estimate of drug-likeness (QED) is 0.182. The minimum absolute atomic E-state index is 0.414. The van der Waals surface area contributed by atoms with Crippen molar-refractivity contribution in [1.82, 2.24) is 4.98 Å². The van der Waals surface area contributed by atoms with Gasteiger partial charge in [-0.1, -0.05) is 0 Å². The highest BCUT2D eigenvalue weighted by atomic mass is 31.2. The van der Waals surface area contributed by atoms with Crippen molar-refractivity contribution in [1.29, 1.82) is 0 Å². The van der Waals surface area contributed by atoms with Crippen LogP contribution in [0.2, 0.25) is 0 Å². The summed E-state index contributed by atoms with van der Waals surface area (Å²) in [5.41, 5.74) is -4.07. The van der Waals surface area contributed by atoms with E-state index in [0.717, 1.165) is 19.1 Å². The number of hydrogen-bond acceptors (Lipinski definition) is 14. The normalized spacial score (nSPS) is 25.1. The van der Waals surface area contributed by atoms with Gasteiger partial charge in [-0.25, -0.2) is 32.0 Å². The van der Waals surface area contributed by atoms with Crippen molar-refractivity contribution < 1.29 is 70.4 Å². The number of carbonyl (C=O) groups excluding carboxylic acids is 2. The summed E-state index contributed by atoms with van der Waals surface area (Å²) < 4.78 is 81.9. The van der Waals surface area contributed by atoms with Gasteiger partial charge >= 0.3 is 20.1 Å². The predicted molar refractivity (Wildman–Crippen MR) is 123 cm³/mol. The van der Waals surface area contributed by atoms with Crippen LogP contribution in [-0.2, 0) is 41.8 Å². The fourth-order valence-electron chi connectivity index (χ4n) is 3.12. The van der Waals surface area contributed by atoms with Crippen LogP contribution in [0.1, 0.15) is 46.3 Å². The molecule has 222 valence electrons. The zero-order valence-electron chi connectivity index (χ0n) is 21.6. The van der Waals surface area contributed by atoms with Crippen molar-refractivity contribution >= 4 is 20.1 Å². The number of phosphoric ester groups is 1. The molecule has 4 atom stereocenters. The van der Waals surface area contributed by atoms with E-state index in [-0.39, 0.29) is 0 Å². The Morgan fingerprint density at radius 3 is 2.03 bits per heavy atom. The van der Waals surface area contributed by atoms with Crippen LogP contribution in [0.25, 0.3) is 0 Å². The fraction of sp³-hybridized carbons (Fsp3) is 0.667. The summed E-state index contributed by atoms with van der Waals surface area (Å²) >= 11 is 0. The summed E-state index contributed by atoms with van der Waals surface area (Å²) in [6.45, 7) is 3.07. The number of aromatic hydroxyl groups is 1. The first-order valence-corrected chi connectivity index (χ1v) is 12.8. The molecule has 2 heterocycles. The molecular formula is C21H30F2NO14P. The van der Waals surface area contributed by atoms with E-state index in [1.54, 1.807) is 0 Å². The summed E-state index contributed by atoms with van der Waals surface area (Å²) in [7, 11) is -4.99. The maximum atomic E-state index is 15.6. The predicted octanol–water partition coefficient (Wildman–Crippen LogP) is 3.10. The lowest BCUT2D eigenvalue weighted by molar-refractivity contribution is -0.196. The molecule has 2 rings (SSSR count). The molecule has 15 nitrogen and oxygen atoms in total. The van der Waals surface area contributed by atoms with Gasteiger partial charge in [-0.3, -0.25) is 14.3 Å². The third-order valence-corrected chi connectivity index (χ3v) is 6.13.